The summed E-state index contributed by atoms with van der Waals surface area (Å²) in [6.45, 7) is 3.56. The first kappa shape index (κ1) is 43.5. The molecule has 1 aliphatic heterocycles. The number of aryl methyl sites for hydroxylation is 1. The fourth-order valence-electron chi connectivity index (χ4n) is 5.98. The molecule has 0 N–H and O–H groups in total. The van der Waals surface area contributed by atoms with Crippen molar-refractivity contribution in [3.05, 3.63) is 162 Å². The van der Waals surface area contributed by atoms with Gasteiger partial charge in [0.1, 0.15) is 37.3 Å². The number of hydrogen-bond donors (Lipinski definition) is 0. The summed E-state index contributed by atoms with van der Waals surface area (Å²) in [5.74, 6) is -0.469. The van der Waals surface area contributed by atoms with Crippen molar-refractivity contribution in [2.24, 2.45) is 7.05 Å². The first-order chi connectivity index (χ1) is 26.9. The van der Waals surface area contributed by atoms with Crippen molar-refractivity contribution in [2.75, 3.05) is 6.61 Å². The Labute approximate surface area is 326 Å². The Morgan fingerprint density at radius 2 is 1.11 bits per heavy atom. The van der Waals surface area contributed by atoms with E-state index >= 15 is 0 Å². The van der Waals surface area contributed by atoms with Gasteiger partial charge in [0.2, 0.25) is 6.33 Å². The van der Waals surface area contributed by atoms with Gasteiger partial charge in [0.05, 0.1) is 40.1 Å². The number of rotatable bonds is 16. The molecule has 0 aliphatic carbocycles. The first-order valence-corrected chi connectivity index (χ1v) is 20.0. The number of ether oxygens (including phenoxy) is 6. The van der Waals surface area contributed by atoms with Gasteiger partial charge in [0.25, 0.3) is 0 Å². The van der Waals surface area contributed by atoms with Gasteiger partial charge < -0.3 is 28.4 Å². The van der Waals surface area contributed by atoms with E-state index in [2.05, 4.69) is 16.7 Å². The zero-order valence-corrected chi connectivity index (χ0v) is 32.2. The number of esters is 1. The first-order valence-electron chi connectivity index (χ1n) is 18.0. The van der Waals surface area contributed by atoms with Crippen LogP contribution in [-0.4, -0.2) is 47.8 Å². The Morgan fingerprint density at radius 1 is 0.649 bits per heavy atom. The molecule has 1 aliphatic rings. The predicted octanol–water partition coefficient (Wildman–Crippen LogP) is 9.30. The number of nitrogens with zero attached hydrogens (tertiary/aromatic N) is 2. The Kier molecular flexibility index (Phi) is 14.3. The van der Waals surface area contributed by atoms with Gasteiger partial charge in [-0.3, -0.25) is 4.79 Å². The Hall–Kier alpha value is -4.63. The van der Waals surface area contributed by atoms with E-state index < -0.39 is 44.5 Å². The fourth-order valence-corrected chi connectivity index (χ4v) is 5.98. The van der Waals surface area contributed by atoms with Gasteiger partial charge in [0.15, 0.2) is 12.4 Å². The van der Waals surface area contributed by atoms with Crippen molar-refractivity contribution < 1.29 is 63.0 Å². The van der Waals surface area contributed by atoms with Crippen molar-refractivity contribution >= 4 is 13.8 Å². The third-order valence-electron chi connectivity index (χ3n) is 8.48. The normalized spacial score (nSPS) is 20.7. The maximum absolute atomic E-state index is 12.6. The molecule has 9 nitrogen and oxygen atoms in total. The summed E-state index contributed by atoms with van der Waals surface area (Å²) in [5.41, 5.74) is 5.14. The zero-order chi connectivity index (χ0) is 41.0. The van der Waals surface area contributed by atoms with E-state index in [0.29, 0.717) is 13.2 Å². The number of hydrogen-bond acceptors (Lipinski definition) is 7. The molecule has 0 bridgehead atoms. The van der Waals surface area contributed by atoms with Crippen LogP contribution in [0.1, 0.15) is 34.7 Å². The molecular weight excluding hydrogens is 777 g/mol. The summed E-state index contributed by atoms with van der Waals surface area (Å²) in [4.78, 5) is 12.6. The monoisotopic (exact) mass is 822 g/mol. The van der Waals surface area contributed by atoms with Crippen LogP contribution in [0.15, 0.2) is 134 Å². The summed E-state index contributed by atoms with van der Waals surface area (Å²) in [5, 5.41) is 0. The quantitative estimate of drug-likeness (QED) is 0.0425. The molecule has 16 heteroatoms. The minimum absolute atomic E-state index is 0.206. The van der Waals surface area contributed by atoms with Gasteiger partial charge in [-0.05, 0) is 27.8 Å². The maximum atomic E-state index is 12.6. The standard InChI is InChI=1S/C41H45N2O7.F6P/c1-31(44)49-40-39(47-27-35-16-10-5-11-17-35)38(46-26-34-14-8-4-9-15-34)37(29-45-25-33-12-6-3-7-13-33)50-41(40)48-28-36-20-18-32(19-21-36)24-43-23-22-42(2)30-43;1-7(2,3,4,5)6/h3-23,30,37-41H,24-29H2,1-2H3;/q+1;-1/t37-,38-,39+,40+,41+;/m1./s1. The summed E-state index contributed by atoms with van der Waals surface area (Å²) in [6.07, 6.45) is 2.28. The Bertz CT molecular complexity index is 1960. The molecule has 1 aromatic heterocycles. The van der Waals surface area contributed by atoms with Gasteiger partial charge in [-0.1, -0.05) is 115 Å². The van der Waals surface area contributed by atoms with Crippen LogP contribution < -0.4 is 4.57 Å². The number of carbonyl (C=O) groups is 1. The van der Waals surface area contributed by atoms with E-state index in [0.717, 1.165) is 28.8 Å². The molecule has 4 aromatic carbocycles. The molecule has 2 heterocycles. The average Bonchev–Trinajstić information content (AvgIpc) is 3.57. The number of benzene rings is 4. The average molecular weight is 823 g/mol. The molecule has 0 amide bonds. The third kappa shape index (κ3) is 16.4. The van der Waals surface area contributed by atoms with Crippen LogP contribution in [0.4, 0.5) is 25.2 Å². The van der Waals surface area contributed by atoms with Crippen molar-refractivity contribution in [1.29, 1.82) is 0 Å². The van der Waals surface area contributed by atoms with E-state index in [-0.39, 0.29) is 19.8 Å². The van der Waals surface area contributed by atoms with E-state index in [1.165, 1.54) is 12.5 Å². The van der Waals surface area contributed by atoms with Crippen LogP contribution in [0.3, 0.4) is 0 Å². The predicted molar refractivity (Wildman–Crippen MR) is 200 cm³/mol. The van der Waals surface area contributed by atoms with Crippen LogP contribution in [0.25, 0.3) is 0 Å². The molecule has 5 aromatic rings. The number of imidazole rings is 1. The summed E-state index contributed by atoms with van der Waals surface area (Å²) >= 11 is 0. The molecule has 5 atom stereocenters. The van der Waals surface area contributed by atoms with Gasteiger partial charge in [-0.15, -0.1) is 0 Å². The molecule has 1 fully saturated rings. The van der Waals surface area contributed by atoms with Crippen molar-refractivity contribution in [1.82, 2.24) is 4.57 Å². The van der Waals surface area contributed by atoms with Gasteiger partial charge in [0, 0.05) is 6.92 Å². The van der Waals surface area contributed by atoms with E-state index in [4.69, 9.17) is 28.4 Å². The third-order valence-corrected chi connectivity index (χ3v) is 8.48. The molecule has 57 heavy (non-hydrogen) atoms. The van der Waals surface area contributed by atoms with Gasteiger partial charge >= 0.3 is 39.0 Å². The molecule has 0 radical (unpaired) electrons. The zero-order valence-electron chi connectivity index (χ0n) is 31.3. The van der Waals surface area contributed by atoms with Crippen molar-refractivity contribution in [2.45, 2.75) is 70.6 Å². The number of carbonyl (C=O) groups excluding carboxylic acids is 1. The molecule has 1 saturated heterocycles. The van der Waals surface area contributed by atoms with E-state index in [1.807, 2.05) is 133 Å². The summed E-state index contributed by atoms with van der Waals surface area (Å²) < 4.78 is 102. The molecular formula is C41H45F6N2O7P. The van der Waals surface area contributed by atoms with Crippen LogP contribution >= 0.6 is 7.81 Å². The van der Waals surface area contributed by atoms with Gasteiger partial charge in [-0.2, -0.15) is 0 Å². The van der Waals surface area contributed by atoms with Gasteiger partial charge in [-0.25, -0.2) is 9.13 Å². The second-order valence-corrected chi connectivity index (χ2v) is 15.4. The minimum atomic E-state index is -10.7. The second kappa shape index (κ2) is 18.8. The SMILES string of the molecule is CC(=O)O[C@@H]1[C@@H](OCc2ccc(Cn3cc[n+](C)c3)cc2)O[C@H](COCc2ccccc2)[C@@H](OCc2ccccc2)[C@@H]1OCc1ccccc1.F[P-](F)(F)(F)(F)F. The number of halogens is 6. The number of aromatic nitrogens is 2. The summed E-state index contributed by atoms with van der Waals surface area (Å²) in [7, 11) is -8.66. The topological polar surface area (TPSA) is 81.3 Å². The van der Waals surface area contributed by atoms with E-state index in [9.17, 15) is 30.0 Å². The van der Waals surface area contributed by atoms with Crippen LogP contribution in [-0.2, 0) is 73.2 Å². The van der Waals surface area contributed by atoms with Crippen LogP contribution in [0.5, 0.6) is 0 Å². The molecule has 0 spiro atoms. The Morgan fingerprint density at radius 3 is 1.60 bits per heavy atom. The fraction of sp³-hybridized carbons (Fsp3) is 0.317. The molecule has 0 saturated carbocycles. The van der Waals surface area contributed by atoms with Crippen molar-refractivity contribution in [3.8, 4) is 0 Å². The van der Waals surface area contributed by atoms with Crippen LogP contribution in [0, 0.1) is 0 Å². The van der Waals surface area contributed by atoms with Crippen molar-refractivity contribution in [3.63, 3.8) is 0 Å². The molecule has 6 rings (SSSR count). The summed E-state index contributed by atoms with van der Waals surface area (Å²) in [6, 6.07) is 38.0. The van der Waals surface area contributed by atoms with E-state index in [1.54, 1.807) is 0 Å². The molecule has 0 unspecified atom stereocenters. The van der Waals surface area contributed by atoms with Crippen LogP contribution in [0.2, 0.25) is 0 Å². The second-order valence-electron chi connectivity index (χ2n) is 13.5. The molecule has 308 valence electrons. The Balaban J connectivity index is 0.000000811.